The molecule has 0 atom stereocenters. The summed E-state index contributed by atoms with van der Waals surface area (Å²) in [5.74, 6) is 0.128. The topological polar surface area (TPSA) is 18.5 Å². The van der Waals surface area contributed by atoms with Crippen molar-refractivity contribution < 1.29 is 9.47 Å². The van der Waals surface area contributed by atoms with Crippen molar-refractivity contribution in [2.24, 2.45) is 0 Å². The highest BCUT2D eigenvalue weighted by molar-refractivity contribution is 6.36. The second kappa shape index (κ2) is 6.35. The lowest BCUT2D eigenvalue weighted by atomic mass is 9.88. The maximum atomic E-state index is 6.49. The predicted octanol–water partition coefficient (Wildman–Crippen LogP) is 7.82. The first-order valence-electron chi connectivity index (χ1n) is 8.74. The van der Waals surface area contributed by atoms with Gasteiger partial charge in [-0.2, -0.15) is 0 Å². The van der Waals surface area contributed by atoms with E-state index in [4.69, 9.17) is 55.9 Å². The molecule has 0 unspecified atom stereocenters. The van der Waals surface area contributed by atoms with Crippen molar-refractivity contribution >= 4 is 58.6 Å². The Morgan fingerprint density at radius 3 is 1.56 bits per heavy atom. The van der Waals surface area contributed by atoms with Crippen molar-refractivity contribution in [1.29, 1.82) is 0 Å². The molecule has 0 aromatic heterocycles. The maximum absolute atomic E-state index is 6.49. The molecule has 138 valence electrons. The molecule has 6 heteroatoms. The molecule has 0 saturated heterocycles. The van der Waals surface area contributed by atoms with Gasteiger partial charge >= 0.3 is 0 Å². The van der Waals surface area contributed by atoms with E-state index in [1.807, 2.05) is 12.1 Å². The molecule has 1 aliphatic carbocycles. The van der Waals surface area contributed by atoms with E-state index >= 15 is 0 Å². The molecule has 0 bridgehead atoms. The van der Waals surface area contributed by atoms with Crippen molar-refractivity contribution in [3.05, 3.63) is 66.6 Å². The number of rotatable bonds is 0. The SMILES string of the molecule is Clc1cc(Cl)c2c(c1)C=C1CCCCC3=Cc4cc(Cl)cc(Cl)c4OC13O2. The van der Waals surface area contributed by atoms with Gasteiger partial charge in [-0.15, -0.1) is 0 Å². The summed E-state index contributed by atoms with van der Waals surface area (Å²) in [5, 5.41) is 2.07. The summed E-state index contributed by atoms with van der Waals surface area (Å²) in [6, 6.07) is 7.09. The smallest absolute Gasteiger partial charge is 0.297 e. The minimum atomic E-state index is -1.02. The Hall–Kier alpha value is -1.32. The molecule has 2 nitrogen and oxygen atoms in total. The van der Waals surface area contributed by atoms with Gasteiger partial charge in [0.05, 0.1) is 10.0 Å². The van der Waals surface area contributed by atoms with Gasteiger partial charge < -0.3 is 9.47 Å². The minimum absolute atomic E-state index is 0.461. The first-order chi connectivity index (χ1) is 13.0. The highest BCUT2D eigenvalue weighted by Gasteiger charge is 2.49. The minimum Gasteiger partial charge on any atom is -0.443 e. The summed E-state index contributed by atoms with van der Waals surface area (Å²) in [6.45, 7) is 0. The number of halogens is 4. The third-order valence-electron chi connectivity index (χ3n) is 5.21. The van der Waals surface area contributed by atoms with E-state index in [0.717, 1.165) is 48.0 Å². The highest BCUT2D eigenvalue weighted by Crippen LogP contribution is 2.53. The molecule has 3 aliphatic rings. The van der Waals surface area contributed by atoms with Crippen LogP contribution in [0, 0.1) is 0 Å². The van der Waals surface area contributed by atoms with Gasteiger partial charge in [0, 0.05) is 32.3 Å². The molecule has 0 N–H and O–H groups in total. The van der Waals surface area contributed by atoms with Gasteiger partial charge in [-0.1, -0.05) is 46.4 Å². The van der Waals surface area contributed by atoms with Crippen LogP contribution in [-0.4, -0.2) is 5.79 Å². The van der Waals surface area contributed by atoms with E-state index in [1.165, 1.54) is 0 Å². The van der Waals surface area contributed by atoms with Crippen LogP contribution in [0.4, 0.5) is 0 Å². The second-order valence-electron chi connectivity index (χ2n) is 6.98. The fraction of sp³-hybridized carbons (Fsp3) is 0.238. The lowest BCUT2D eigenvalue weighted by Gasteiger charge is -2.43. The Morgan fingerprint density at radius 2 is 1.11 bits per heavy atom. The molecule has 1 spiro atoms. The van der Waals surface area contributed by atoms with E-state index < -0.39 is 5.79 Å². The Labute approximate surface area is 177 Å². The molecule has 1 saturated carbocycles. The molecule has 5 rings (SSSR count). The Bertz CT molecular complexity index is 955. The first-order valence-corrected chi connectivity index (χ1v) is 10.3. The average molecular weight is 440 g/mol. The number of ether oxygens (including phenoxy) is 2. The molecule has 27 heavy (non-hydrogen) atoms. The molecular weight excluding hydrogens is 426 g/mol. The van der Waals surface area contributed by atoms with Gasteiger partial charge in [0.2, 0.25) is 0 Å². The van der Waals surface area contributed by atoms with Crippen LogP contribution in [0.5, 0.6) is 11.5 Å². The molecule has 1 fully saturated rings. The number of hydrogen-bond acceptors (Lipinski definition) is 2. The van der Waals surface area contributed by atoms with Crippen LogP contribution < -0.4 is 9.47 Å². The standard InChI is InChI=1S/C21H14Cl4O2/c22-15-7-11-5-13-3-1-2-4-14-6-12-8-16(23)10-18(25)20(12)27-21(13,14)26-19(11)17(24)9-15/h5-10H,1-4H2. The number of benzene rings is 2. The summed E-state index contributed by atoms with van der Waals surface area (Å²) in [6.07, 6.45) is 8.00. The van der Waals surface area contributed by atoms with E-state index in [2.05, 4.69) is 12.2 Å². The quantitative estimate of drug-likeness (QED) is 0.416. The molecular formula is C21H14Cl4O2. The van der Waals surface area contributed by atoms with E-state index in [9.17, 15) is 0 Å². The predicted molar refractivity (Wildman–Crippen MR) is 111 cm³/mol. The molecule has 2 heterocycles. The summed E-state index contributed by atoms with van der Waals surface area (Å²) in [7, 11) is 0. The van der Waals surface area contributed by atoms with E-state index in [-0.39, 0.29) is 0 Å². The normalized spacial score (nSPS) is 19.1. The number of fused-ring (bicyclic) bond motifs is 2. The van der Waals surface area contributed by atoms with E-state index in [0.29, 0.717) is 31.6 Å². The summed E-state index contributed by atoms with van der Waals surface area (Å²) < 4.78 is 13.0. The fourth-order valence-electron chi connectivity index (χ4n) is 4.04. The fourth-order valence-corrected chi connectivity index (χ4v) is 5.13. The second-order valence-corrected chi connectivity index (χ2v) is 8.67. The first kappa shape index (κ1) is 17.8. The zero-order chi connectivity index (χ0) is 18.8. The summed E-state index contributed by atoms with van der Waals surface area (Å²) >= 11 is 25.3. The summed E-state index contributed by atoms with van der Waals surface area (Å²) in [4.78, 5) is 0. The van der Waals surface area contributed by atoms with Crippen molar-refractivity contribution in [1.82, 2.24) is 0 Å². The highest BCUT2D eigenvalue weighted by atomic mass is 35.5. The molecule has 2 aromatic rings. The van der Waals surface area contributed by atoms with Crippen LogP contribution in [0.2, 0.25) is 20.1 Å². The third kappa shape index (κ3) is 2.77. The van der Waals surface area contributed by atoms with E-state index in [1.54, 1.807) is 12.1 Å². The van der Waals surface area contributed by atoms with Gasteiger partial charge in [-0.25, -0.2) is 0 Å². The van der Waals surface area contributed by atoms with Gasteiger partial charge in [-0.3, -0.25) is 0 Å². The molecule has 2 aromatic carbocycles. The van der Waals surface area contributed by atoms with Crippen LogP contribution in [-0.2, 0) is 0 Å². The van der Waals surface area contributed by atoms with Crippen molar-refractivity contribution in [2.75, 3.05) is 0 Å². The largest absolute Gasteiger partial charge is 0.443 e. The average Bonchev–Trinajstić information content (AvgIpc) is 2.78. The Kier molecular flexibility index (Phi) is 4.18. The lowest BCUT2D eigenvalue weighted by Crippen LogP contribution is -2.48. The number of hydrogen-bond donors (Lipinski definition) is 0. The molecule has 2 aliphatic heterocycles. The monoisotopic (exact) mass is 438 g/mol. The zero-order valence-corrected chi connectivity index (χ0v) is 17.1. The summed E-state index contributed by atoms with van der Waals surface area (Å²) in [5.41, 5.74) is 3.83. The Morgan fingerprint density at radius 1 is 0.667 bits per heavy atom. The van der Waals surface area contributed by atoms with Gasteiger partial charge in [0.1, 0.15) is 0 Å². The van der Waals surface area contributed by atoms with Crippen molar-refractivity contribution in [3.8, 4) is 11.5 Å². The van der Waals surface area contributed by atoms with Crippen LogP contribution >= 0.6 is 46.4 Å². The van der Waals surface area contributed by atoms with Crippen molar-refractivity contribution in [2.45, 2.75) is 31.5 Å². The third-order valence-corrected chi connectivity index (χ3v) is 6.21. The van der Waals surface area contributed by atoms with Crippen LogP contribution in [0.15, 0.2) is 35.4 Å². The van der Waals surface area contributed by atoms with Gasteiger partial charge in [0.15, 0.2) is 11.5 Å². The van der Waals surface area contributed by atoms with Crippen LogP contribution in [0.1, 0.15) is 36.8 Å². The van der Waals surface area contributed by atoms with Crippen LogP contribution in [0.3, 0.4) is 0 Å². The van der Waals surface area contributed by atoms with Crippen molar-refractivity contribution in [3.63, 3.8) is 0 Å². The van der Waals surface area contributed by atoms with Gasteiger partial charge in [-0.05, 0) is 62.1 Å². The molecule has 0 radical (unpaired) electrons. The Balaban J connectivity index is 1.74. The zero-order valence-electron chi connectivity index (χ0n) is 14.1. The van der Waals surface area contributed by atoms with Gasteiger partial charge in [0.25, 0.3) is 5.79 Å². The molecule has 0 amide bonds. The van der Waals surface area contributed by atoms with Crippen LogP contribution in [0.25, 0.3) is 12.2 Å². The maximum Gasteiger partial charge on any atom is 0.297 e. The lowest BCUT2D eigenvalue weighted by molar-refractivity contribution is -0.0541.